The van der Waals surface area contributed by atoms with Crippen LogP contribution in [-0.4, -0.2) is 13.8 Å². The van der Waals surface area contributed by atoms with E-state index in [4.69, 9.17) is 4.52 Å². The van der Waals surface area contributed by atoms with E-state index in [9.17, 15) is 4.57 Å². The molecule has 0 spiro atoms. The molecule has 0 amide bonds. The van der Waals surface area contributed by atoms with Crippen molar-refractivity contribution in [3.05, 3.63) is 30.3 Å². The van der Waals surface area contributed by atoms with Crippen LogP contribution < -0.4 is 5.09 Å². The second-order valence-corrected chi connectivity index (χ2v) is 4.79. The second kappa shape index (κ2) is 3.74. The Bertz CT molecular complexity index is 286. The molecular formula is C8H12NO2P. The summed E-state index contributed by atoms with van der Waals surface area (Å²) in [6, 6.07) is 9.33. The molecule has 0 radical (unpaired) electrons. The highest BCUT2D eigenvalue weighted by Crippen LogP contribution is 2.40. The molecule has 0 saturated carbocycles. The topological polar surface area (TPSA) is 38.3 Å². The Balaban J connectivity index is 2.71. The predicted octanol–water partition coefficient (Wildman–Crippen LogP) is 2.57. The maximum atomic E-state index is 11.4. The van der Waals surface area contributed by atoms with Crippen molar-refractivity contribution in [1.82, 2.24) is 0 Å². The quantitative estimate of drug-likeness (QED) is 0.735. The molecule has 12 heavy (non-hydrogen) atoms. The lowest BCUT2D eigenvalue weighted by molar-refractivity contribution is 0.403. The monoisotopic (exact) mass is 185 g/mol. The van der Waals surface area contributed by atoms with E-state index in [-0.39, 0.29) is 0 Å². The van der Waals surface area contributed by atoms with Gasteiger partial charge in [0.05, 0.1) is 0 Å². The molecular weight excluding hydrogens is 173 g/mol. The third kappa shape index (κ3) is 2.68. The third-order valence-corrected chi connectivity index (χ3v) is 2.82. The molecule has 0 fully saturated rings. The van der Waals surface area contributed by atoms with E-state index in [1.165, 1.54) is 7.11 Å². The van der Waals surface area contributed by atoms with Gasteiger partial charge in [0.25, 0.3) is 7.52 Å². The normalized spacial score (nSPS) is 15.2. The van der Waals surface area contributed by atoms with Gasteiger partial charge in [0.2, 0.25) is 0 Å². The van der Waals surface area contributed by atoms with Crippen LogP contribution in [0.1, 0.15) is 0 Å². The van der Waals surface area contributed by atoms with Crippen LogP contribution in [-0.2, 0) is 9.09 Å². The predicted molar refractivity (Wildman–Crippen MR) is 50.6 cm³/mol. The van der Waals surface area contributed by atoms with Gasteiger partial charge >= 0.3 is 0 Å². The third-order valence-electron chi connectivity index (χ3n) is 1.45. The van der Waals surface area contributed by atoms with Crippen LogP contribution in [0.2, 0.25) is 0 Å². The Kier molecular flexibility index (Phi) is 2.90. The lowest BCUT2D eigenvalue weighted by atomic mass is 10.3. The zero-order valence-electron chi connectivity index (χ0n) is 7.15. The fourth-order valence-electron chi connectivity index (χ4n) is 0.793. The first-order valence-electron chi connectivity index (χ1n) is 3.60. The largest absolute Gasteiger partial charge is 0.317 e. The molecule has 1 rings (SSSR count). The van der Waals surface area contributed by atoms with Crippen molar-refractivity contribution in [2.24, 2.45) is 0 Å². The molecule has 3 nitrogen and oxygen atoms in total. The van der Waals surface area contributed by atoms with Gasteiger partial charge in [-0.3, -0.25) is 4.57 Å². The van der Waals surface area contributed by atoms with Gasteiger partial charge < -0.3 is 9.61 Å². The number of benzene rings is 1. The molecule has 4 heteroatoms. The number of hydrogen-bond acceptors (Lipinski definition) is 2. The fourth-order valence-corrected chi connectivity index (χ4v) is 1.50. The molecule has 0 bridgehead atoms. The van der Waals surface area contributed by atoms with Crippen LogP contribution in [0.15, 0.2) is 30.3 Å². The highest BCUT2D eigenvalue weighted by Gasteiger charge is 2.11. The van der Waals surface area contributed by atoms with Crippen molar-refractivity contribution in [3.63, 3.8) is 0 Å². The summed E-state index contributed by atoms with van der Waals surface area (Å²) in [5, 5.41) is 2.80. The van der Waals surface area contributed by atoms with Gasteiger partial charge in [0.15, 0.2) is 0 Å². The highest BCUT2D eigenvalue weighted by atomic mass is 31.2. The van der Waals surface area contributed by atoms with Crippen LogP contribution in [0.5, 0.6) is 0 Å². The second-order valence-electron chi connectivity index (χ2n) is 2.51. The van der Waals surface area contributed by atoms with E-state index < -0.39 is 7.52 Å². The van der Waals surface area contributed by atoms with Gasteiger partial charge in [-0.2, -0.15) is 0 Å². The SMILES string of the molecule is COP(C)(=O)Nc1ccccc1. The first-order chi connectivity index (χ1) is 5.64. The standard InChI is InChI=1S/C8H12NO2P/c1-11-12(2,10)9-8-6-4-3-5-7-8/h3-7H,1-2H3,(H,9,10). The van der Waals surface area contributed by atoms with Crippen molar-refractivity contribution in [3.8, 4) is 0 Å². The summed E-state index contributed by atoms with van der Waals surface area (Å²) >= 11 is 0. The number of nitrogens with one attached hydrogen (secondary N) is 1. The van der Waals surface area contributed by atoms with Crippen LogP contribution >= 0.6 is 7.52 Å². The van der Waals surface area contributed by atoms with Crippen molar-refractivity contribution in [2.45, 2.75) is 0 Å². The Morgan fingerprint density at radius 3 is 2.42 bits per heavy atom. The highest BCUT2D eigenvalue weighted by molar-refractivity contribution is 7.59. The van der Waals surface area contributed by atoms with E-state index in [1.807, 2.05) is 30.3 Å². The average Bonchev–Trinajstić information content (AvgIpc) is 2.06. The van der Waals surface area contributed by atoms with Crippen LogP contribution in [0, 0.1) is 0 Å². The van der Waals surface area contributed by atoms with E-state index >= 15 is 0 Å². The average molecular weight is 185 g/mol. The van der Waals surface area contributed by atoms with Crippen molar-refractivity contribution >= 4 is 13.2 Å². The Morgan fingerprint density at radius 1 is 1.33 bits per heavy atom. The van der Waals surface area contributed by atoms with Crippen molar-refractivity contribution in [2.75, 3.05) is 18.9 Å². The minimum Gasteiger partial charge on any atom is -0.317 e. The minimum absolute atomic E-state index is 0.810. The smallest absolute Gasteiger partial charge is 0.290 e. The first kappa shape index (κ1) is 9.30. The molecule has 1 atom stereocenters. The van der Waals surface area contributed by atoms with Gasteiger partial charge in [-0.15, -0.1) is 0 Å². The fraction of sp³-hybridized carbons (Fsp3) is 0.250. The molecule has 1 aromatic rings. The summed E-state index contributed by atoms with van der Waals surface area (Å²) in [6.07, 6.45) is 0. The maximum Gasteiger partial charge on any atom is 0.290 e. The van der Waals surface area contributed by atoms with Gasteiger partial charge in [-0.05, 0) is 12.1 Å². The Labute approximate surface area is 72.3 Å². The van der Waals surface area contributed by atoms with Gasteiger partial charge in [0, 0.05) is 19.5 Å². The van der Waals surface area contributed by atoms with Gasteiger partial charge in [0.1, 0.15) is 0 Å². The molecule has 1 aromatic carbocycles. The first-order valence-corrected chi connectivity index (χ1v) is 5.68. The summed E-state index contributed by atoms with van der Waals surface area (Å²) in [5.74, 6) is 0. The zero-order valence-corrected chi connectivity index (χ0v) is 8.04. The van der Waals surface area contributed by atoms with Crippen LogP contribution in [0.4, 0.5) is 5.69 Å². The summed E-state index contributed by atoms with van der Waals surface area (Å²) in [6.45, 7) is 1.54. The lowest BCUT2D eigenvalue weighted by Crippen LogP contribution is -1.96. The molecule has 66 valence electrons. The van der Waals surface area contributed by atoms with Crippen LogP contribution in [0.25, 0.3) is 0 Å². The Hall–Kier alpha value is -0.790. The molecule has 0 aliphatic rings. The molecule has 1 unspecified atom stereocenters. The van der Waals surface area contributed by atoms with E-state index in [2.05, 4.69) is 5.09 Å². The summed E-state index contributed by atoms with van der Waals surface area (Å²) in [5.41, 5.74) is 0.810. The Morgan fingerprint density at radius 2 is 1.92 bits per heavy atom. The molecule has 0 saturated heterocycles. The molecule has 0 aliphatic heterocycles. The number of para-hydroxylation sites is 1. The van der Waals surface area contributed by atoms with E-state index in [0.717, 1.165) is 5.69 Å². The summed E-state index contributed by atoms with van der Waals surface area (Å²) in [4.78, 5) is 0. The molecule has 1 N–H and O–H groups in total. The summed E-state index contributed by atoms with van der Waals surface area (Å²) in [7, 11) is -1.22. The number of anilines is 1. The van der Waals surface area contributed by atoms with Gasteiger partial charge in [-0.25, -0.2) is 0 Å². The molecule has 0 aliphatic carbocycles. The maximum absolute atomic E-state index is 11.4. The van der Waals surface area contributed by atoms with Crippen molar-refractivity contribution in [1.29, 1.82) is 0 Å². The molecule has 0 heterocycles. The van der Waals surface area contributed by atoms with E-state index in [1.54, 1.807) is 6.66 Å². The van der Waals surface area contributed by atoms with Crippen molar-refractivity contribution < 1.29 is 9.09 Å². The number of hydrogen-bond donors (Lipinski definition) is 1. The number of rotatable bonds is 3. The van der Waals surface area contributed by atoms with Crippen LogP contribution in [0.3, 0.4) is 0 Å². The van der Waals surface area contributed by atoms with E-state index in [0.29, 0.717) is 0 Å². The zero-order chi connectivity index (χ0) is 9.03. The lowest BCUT2D eigenvalue weighted by Gasteiger charge is -2.12. The molecule has 0 aromatic heterocycles. The summed E-state index contributed by atoms with van der Waals surface area (Å²) < 4.78 is 16.2. The van der Waals surface area contributed by atoms with Gasteiger partial charge in [-0.1, -0.05) is 18.2 Å². The minimum atomic E-state index is -2.65.